The summed E-state index contributed by atoms with van der Waals surface area (Å²) in [7, 11) is 0. The first-order valence-corrected chi connectivity index (χ1v) is 7.64. The van der Waals surface area contributed by atoms with E-state index in [1.807, 2.05) is 38.1 Å². The summed E-state index contributed by atoms with van der Waals surface area (Å²) in [5, 5.41) is 0. The second kappa shape index (κ2) is 6.89. The highest BCUT2D eigenvalue weighted by Gasteiger charge is 2.27. The zero-order valence-corrected chi connectivity index (χ0v) is 12.5. The third kappa shape index (κ3) is 3.83. The number of hydrogen-bond acceptors (Lipinski definition) is 3. The normalized spacial score (nSPS) is 23.4. The van der Waals surface area contributed by atoms with Gasteiger partial charge in [0.05, 0.1) is 6.10 Å². The van der Waals surface area contributed by atoms with Crippen molar-refractivity contribution < 1.29 is 9.53 Å². The van der Waals surface area contributed by atoms with E-state index in [1.54, 1.807) is 0 Å². The van der Waals surface area contributed by atoms with E-state index in [1.165, 1.54) is 6.42 Å². The van der Waals surface area contributed by atoms with E-state index in [0.29, 0.717) is 0 Å². The Hall–Kier alpha value is -1.35. The maximum absolute atomic E-state index is 12.7. The minimum absolute atomic E-state index is 0.000303. The first kappa shape index (κ1) is 15.0. The van der Waals surface area contributed by atoms with Crippen molar-refractivity contribution in [1.82, 2.24) is 0 Å². The molecule has 1 saturated carbocycles. The van der Waals surface area contributed by atoms with Gasteiger partial charge in [0, 0.05) is 17.5 Å². The Morgan fingerprint density at radius 2 is 2.00 bits per heavy atom. The Morgan fingerprint density at radius 3 is 2.75 bits per heavy atom. The topological polar surface area (TPSA) is 52.3 Å². The molecule has 0 bridgehead atoms. The number of carbonyl (C=O) groups excluding carboxylic acids is 1. The van der Waals surface area contributed by atoms with Gasteiger partial charge in [-0.25, -0.2) is 0 Å². The predicted molar refractivity (Wildman–Crippen MR) is 81.1 cm³/mol. The highest BCUT2D eigenvalue weighted by atomic mass is 16.5. The summed E-state index contributed by atoms with van der Waals surface area (Å²) in [5.74, 6) is 0.897. The van der Waals surface area contributed by atoms with E-state index in [2.05, 4.69) is 0 Å². The third-order valence-electron chi connectivity index (χ3n) is 3.90. The number of ketones is 1. The van der Waals surface area contributed by atoms with Crippen LogP contribution in [0.4, 0.5) is 0 Å². The Morgan fingerprint density at radius 1 is 1.25 bits per heavy atom. The van der Waals surface area contributed by atoms with Crippen molar-refractivity contribution in [3.8, 4) is 5.75 Å². The summed E-state index contributed by atoms with van der Waals surface area (Å²) >= 11 is 0. The largest absolute Gasteiger partial charge is 0.491 e. The lowest BCUT2D eigenvalue weighted by Gasteiger charge is -2.20. The van der Waals surface area contributed by atoms with Gasteiger partial charge in [-0.3, -0.25) is 4.79 Å². The molecule has 0 aliphatic heterocycles. The Kier molecular flexibility index (Phi) is 5.18. The summed E-state index contributed by atoms with van der Waals surface area (Å²) in [4.78, 5) is 12.7. The van der Waals surface area contributed by atoms with Crippen molar-refractivity contribution in [3.63, 3.8) is 0 Å². The number of hydrogen-bond donors (Lipinski definition) is 1. The van der Waals surface area contributed by atoms with Gasteiger partial charge in [0.15, 0.2) is 5.78 Å². The molecular weight excluding hydrogens is 250 g/mol. The molecule has 2 unspecified atom stereocenters. The van der Waals surface area contributed by atoms with Crippen LogP contribution in [0.2, 0.25) is 0 Å². The summed E-state index contributed by atoms with van der Waals surface area (Å²) in [5.41, 5.74) is 6.91. The van der Waals surface area contributed by atoms with E-state index in [9.17, 15) is 4.79 Å². The average molecular weight is 275 g/mol. The van der Waals surface area contributed by atoms with Gasteiger partial charge >= 0.3 is 0 Å². The van der Waals surface area contributed by atoms with E-state index < -0.39 is 0 Å². The third-order valence-corrected chi connectivity index (χ3v) is 3.90. The molecule has 2 rings (SSSR count). The number of benzene rings is 1. The van der Waals surface area contributed by atoms with Gasteiger partial charge in [-0.2, -0.15) is 0 Å². The van der Waals surface area contributed by atoms with Crippen molar-refractivity contribution in [2.24, 2.45) is 11.7 Å². The number of nitrogens with two attached hydrogens (primary N) is 1. The van der Waals surface area contributed by atoms with E-state index in [4.69, 9.17) is 10.5 Å². The summed E-state index contributed by atoms with van der Waals surface area (Å²) in [6, 6.07) is 7.49. The van der Waals surface area contributed by atoms with Crippen molar-refractivity contribution >= 4 is 5.78 Å². The van der Waals surface area contributed by atoms with Gasteiger partial charge in [0.2, 0.25) is 0 Å². The zero-order chi connectivity index (χ0) is 14.5. The summed E-state index contributed by atoms with van der Waals surface area (Å²) in [6.07, 6.45) is 5.41. The fourth-order valence-electron chi connectivity index (χ4n) is 2.87. The van der Waals surface area contributed by atoms with Crippen LogP contribution in [0, 0.1) is 5.92 Å². The molecule has 1 aliphatic rings. The molecule has 20 heavy (non-hydrogen) atoms. The molecule has 0 spiro atoms. The summed E-state index contributed by atoms with van der Waals surface area (Å²) < 4.78 is 5.66. The number of Topliss-reactive ketones (excluding diaryl/α,β-unsaturated/α-hetero) is 1. The van der Waals surface area contributed by atoms with Crippen LogP contribution < -0.4 is 10.5 Å². The van der Waals surface area contributed by atoms with Crippen LogP contribution >= 0.6 is 0 Å². The van der Waals surface area contributed by atoms with Crippen molar-refractivity contribution in [3.05, 3.63) is 29.8 Å². The molecule has 1 aromatic carbocycles. The van der Waals surface area contributed by atoms with Crippen LogP contribution in [0.25, 0.3) is 0 Å². The van der Waals surface area contributed by atoms with Gasteiger partial charge in [0.25, 0.3) is 0 Å². The molecule has 2 N–H and O–H groups in total. The van der Waals surface area contributed by atoms with Gasteiger partial charge in [-0.15, -0.1) is 0 Å². The molecule has 2 atom stereocenters. The molecule has 0 saturated heterocycles. The first-order valence-electron chi connectivity index (χ1n) is 7.64. The fourth-order valence-corrected chi connectivity index (χ4v) is 2.87. The molecular formula is C17H25NO2. The second-order valence-corrected chi connectivity index (χ2v) is 5.97. The maximum atomic E-state index is 12.7. The Labute approximate surface area is 121 Å². The van der Waals surface area contributed by atoms with E-state index >= 15 is 0 Å². The van der Waals surface area contributed by atoms with E-state index in [-0.39, 0.29) is 23.8 Å². The minimum Gasteiger partial charge on any atom is -0.491 e. The first-order chi connectivity index (χ1) is 9.58. The molecule has 0 amide bonds. The Balaban J connectivity index is 2.15. The molecule has 0 heterocycles. The number of rotatable bonds is 4. The lowest BCUT2D eigenvalue weighted by molar-refractivity contribution is 0.0894. The standard InChI is InChI=1S/C17H25NO2/c1-12(2)20-14-8-6-7-13(11-14)17(19)15-9-4-3-5-10-16(15)18/h6-8,11-12,15-16H,3-5,9-10,18H2,1-2H3. The maximum Gasteiger partial charge on any atom is 0.167 e. The van der Waals surface area contributed by atoms with Gasteiger partial charge in [-0.1, -0.05) is 31.4 Å². The van der Waals surface area contributed by atoms with Crippen LogP contribution in [0.15, 0.2) is 24.3 Å². The molecule has 1 aromatic rings. The zero-order valence-electron chi connectivity index (χ0n) is 12.5. The molecule has 1 aliphatic carbocycles. The van der Waals surface area contributed by atoms with Crippen LogP contribution in [0.5, 0.6) is 5.75 Å². The van der Waals surface area contributed by atoms with Crippen LogP contribution in [-0.4, -0.2) is 17.9 Å². The fraction of sp³-hybridized carbons (Fsp3) is 0.588. The number of carbonyl (C=O) groups is 1. The van der Waals surface area contributed by atoms with Crippen molar-refractivity contribution in [2.75, 3.05) is 0 Å². The quantitative estimate of drug-likeness (QED) is 0.675. The number of ether oxygens (including phenoxy) is 1. The molecule has 3 nitrogen and oxygen atoms in total. The molecule has 3 heteroatoms. The lowest BCUT2D eigenvalue weighted by Crippen LogP contribution is -2.34. The average Bonchev–Trinajstić information content (AvgIpc) is 2.62. The smallest absolute Gasteiger partial charge is 0.167 e. The second-order valence-electron chi connectivity index (χ2n) is 5.97. The van der Waals surface area contributed by atoms with Gasteiger partial charge < -0.3 is 10.5 Å². The molecule has 0 aromatic heterocycles. The van der Waals surface area contributed by atoms with Crippen LogP contribution in [0.3, 0.4) is 0 Å². The lowest BCUT2D eigenvalue weighted by atomic mass is 9.87. The van der Waals surface area contributed by atoms with Crippen molar-refractivity contribution in [1.29, 1.82) is 0 Å². The molecule has 110 valence electrons. The van der Waals surface area contributed by atoms with Gasteiger partial charge in [-0.05, 0) is 38.8 Å². The molecule has 0 radical (unpaired) electrons. The highest BCUT2D eigenvalue weighted by molar-refractivity contribution is 5.98. The minimum atomic E-state index is -0.0354. The van der Waals surface area contributed by atoms with Gasteiger partial charge in [0.1, 0.15) is 5.75 Å². The SMILES string of the molecule is CC(C)Oc1cccc(C(=O)C2CCCCCC2N)c1. The van der Waals surface area contributed by atoms with E-state index in [0.717, 1.165) is 37.0 Å². The highest BCUT2D eigenvalue weighted by Crippen LogP contribution is 2.26. The van der Waals surface area contributed by atoms with Crippen LogP contribution in [0.1, 0.15) is 56.3 Å². The monoisotopic (exact) mass is 275 g/mol. The summed E-state index contributed by atoms with van der Waals surface area (Å²) in [6.45, 7) is 3.96. The molecule has 1 fully saturated rings. The van der Waals surface area contributed by atoms with Crippen LogP contribution in [-0.2, 0) is 0 Å². The Bertz CT molecular complexity index is 456. The predicted octanol–water partition coefficient (Wildman–Crippen LogP) is 3.56. The van der Waals surface area contributed by atoms with Crippen molar-refractivity contribution in [2.45, 2.75) is 58.1 Å².